The van der Waals surface area contributed by atoms with Crippen molar-refractivity contribution in [3.05, 3.63) is 58.1 Å². The summed E-state index contributed by atoms with van der Waals surface area (Å²) in [5, 5.41) is 0. The summed E-state index contributed by atoms with van der Waals surface area (Å²) in [6.45, 7) is 7.92. The Kier molecular flexibility index (Phi) is 5.67. The molecule has 2 rings (SSSR count). The minimum absolute atomic E-state index is 0.328. The molecule has 0 fully saturated rings. The van der Waals surface area contributed by atoms with Crippen LogP contribution in [0.5, 0.6) is 5.75 Å². The molecular weight excluding hydrogens is 322 g/mol. The lowest BCUT2D eigenvalue weighted by Crippen LogP contribution is -2.28. The van der Waals surface area contributed by atoms with Crippen molar-refractivity contribution >= 4 is 10.0 Å². The predicted octanol–water partition coefficient (Wildman–Crippen LogP) is 3.45. The zero-order valence-corrected chi connectivity index (χ0v) is 15.8. The van der Waals surface area contributed by atoms with Gasteiger partial charge in [-0.2, -0.15) is 0 Å². The van der Waals surface area contributed by atoms with Crippen molar-refractivity contribution in [2.45, 2.75) is 39.0 Å². The number of hydrogen-bond donors (Lipinski definition) is 1. The van der Waals surface area contributed by atoms with Crippen LogP contribution in [-0.4, -0.2) is 22.1 Å². The van der Waals surface area contributed by atoms with Gasteiger partial charge in [0.1, 0.15) is 5.75 Å². The van der Waals surface area contributed by atoms with Gasteiger partial charge in [-0.3, -0.25) is 0 Å². The molecule has 0 heterocycles. The van der Waals surface area contributed by atoms with Crippen LogP contribution in [0.4, 0.5) is 0 Å². The van der Waals surface area contributed by atoms with Crippen LogP contribution in [0, 0.1) is 27.7 Å². The van der Waals surface area contributed by atoms with Gasteiger partial charge in [0, 0.05) is 6.54 Å². The molecule has 0 amide bonds. The number of sulfonamides is 1. The van der Waals surface area contributed by atoms with E-state index in [1.165, 1.54) is 0 Å². The highest BCUT2D eigenvalue weighted by molar-refractivity contribution is 7.89. The first-order valence-corrected chi connectivity index (χ1v) is 9.45. The highest BCUT2D eigenvalue weighted by Gasteiger charge is 2.21. The summed E-state index contributed by atoms with van der Waals surface area (Å²) >= 11 is 0. The van der Waals surface area contributed by atoms with Gasteiger partial charge >= 0.3 is 0 Å². The summed E-state index contributed by atoms with van der Waals surface area (Å²) < 4.78 is 33.6. The number of nitrogens with one attached hydrogen (secondary N) is 1. The monoisotopic (exact) mass is 347 g/mol. The molecule has 0 aliphatic carbocycles. The number of aryl methyl sites for hydroxylation is 2. The number of methoxy groups -OCH3 is 1. The van der Waals surface area contributed by atoms with Crippen LogP contribution in [0.25, 0.3) is 0 Å². The van der Waals surface area contributed by atoms with Crippen LogP contribution in [0.2, 0.25) is 0 Å². The van der Waals surface area contributed by atoms with Gasteiger partial charge in [0.05, 0.1) is 12.0 Å². The Hall–Kier alpha value is -1.85. The molecule has 4 nitrogen and oxygen atoms in total. The lowest BCUT2D eigenvalue weighted by Gasteiger charge is -2.16. The van der Waals surface area contributed by atoms with Crippen molar-refractivity contribution in [1.29, 1.82) is 0 Å². The average Bonchev–Trinajstić information content (AvgIpc) is 2.53. The largest absolute Gasteiger partial charge is 0.496 e. The number of benzene rings is 2. The van der Waals surface area contributed by atoms with Crippen LogP contribution in [-0.2, 0) is 16.4 Å². The Morgan fingerprint density at radius 1 is 1.00 bits per heavy atom. The van der Waals surface area contributed by atoms with Gasteiger partial charge in [0.15, 0.2) is 0 Å². The molecule has 0 spiro atoms. The molecule has 0 aliphatic heterocycles. The molecule has 0 atom stereocenters. The number of rotatable bonds is 6. The van der Waals surface area contributed by atoms with E-state index in [4.69, 9.17) is 4.74 Å². The van der Waals surface area contributed by atoms with Crippen molar-refractivity contribution in [2.24, 2.45) is 0 Å². The quantitative estimate of drug-likeness (QED) is 0.871. The van der Waals surface area contributed by atoms with Gasteiger partial charge in [-0.15, -0.1) is 0 Å². The molecule has 0 radical (unpaired) electrons. The second-order valence-electron chi connectivity index (χ2n) is 6.05. The zero-order valence-electron chi connectivity index (χ0n) is 14.9. The molecule has 0 aliphatic rings. The maximum Gasteiger partial charge on any atom is 0.241 e. The second kappa shape index (κ2) is 7.36. The fourth-order valence-electron chi connectivity index (χ4n) is 2.89. The van der Waals surface area contributed by atoms with Gasteiger partial charge < -0.3 is 4.74 Å². The molecule has 2 aromatic carbocycles. The normalized spacial score (nSPS) is 11.5. The first kappa shape index (κ1) is 18.5. The fraction of sp³-hybridized carbons (Fsp3) is 0.368. The van der Waals surface area contributed by atoms with Gasteiger partial charge in [0.2, 0.25) is 10.0 Å². The summed E-state index contributed by atoms with van der Waals surface area (Å²) in [5.74, 6) is 0.774. The number of ether oxygens (including phenoxy) is 1. The molecular formula is C19H25NO3S. The van der Waals surface area contributed by atoms with Crippen molar-refractivity contribution in [1.82, 2.24) is 4.72 Å². The van der Waals surface area contributed by atoms with Crippen LogP contribution >= 0.6 is 0 Å². The minimum atomic E-state index is -3.55. The first-order chi connectivity index (χ1) is 11.3. The van der Waals surface area contributed by atoms with Crippen LogP contribution in [0.3, 0.4) is 0 Å². The third kappa shape index (κ3) is 3.79. The van der Waals surface area contributed by atoms with E-state index in [1.807, 2.05) is 58.0 Å². The second-order valence-corrected chi connectivity index (χ2v) is 7.75. The Bertz CT molecular complexity index is 816. The summed E-state index contributed by atoms with van der Waals surface area (Å²) in [6.07, 6.45) is 0.576. The lowest BCUT2D eigenvalue weighted by atomic mass is 10.0. The topological polar surface area (TPSA) is 55.4 Å². The Morgan fingerprint density at radius 2 is 1.58 bits per heavy atom. The molecule has 2 aromatic rings. The van der Waals surface area contributed by atoms with Crippen LogP contribution in [0.15, 0.2) is 35.2 Å². The summed E-state index contributed by atoms with van der Waals surface area (Å²) in [4.78, 5) is 0.403. The summed E-state index contributed by atoms with van der Waals surface area (Å²) in [5.41, 5.74) is 4.58. The van der Waals surface area contributed by atoms with E-state index in [9.17, 15) is 8.42 Å². The molecule has 5 heteroatoms. The molecule has 0 unspecified atom stereocenters. The molecule has 130 valence electrons. The highest BCUT2D eigenvalue weighted by Crippen LogP contribution is 2.26. The van der Waals surface area contributed by atoms with E-state index in [0.717, 1.165) is 33.6 Å². The van der Waals surface area contributed by atoms with E-state index in [1.54, 1.807) is 7.11 Å². The summed E-state index contributed by atoms with van der Waals surface area (Å²) in [7, 11) is -1.93. The first-order valence-electron chi connectivity index (χ1n) is 7.97. The smallest absolute Gasteiger partial charge is 0.241 e. The fourth-order valence-corrected chi connectivity index (χ4v) is 4.53. The van der Waals surface area contributed by atoms with Crippen molar-refractivity contribution in [2.75, 3.05) is 13.7 Å². The molecule has 0 aromatic heterocycles. The Labute approximate surface area is 144 Å². The van der Waals surface area contributed by atoms with Gasteiger partial charge in [-0.1, -0.05) is 24.3 Å². The number of para-hydroxylation sites is 1. The molecule has 0 saturated carbocycles. The maximum atomic E-state index is 12.8. The van der Waals surface area contributed by atoms with Gasteiger partial charge in [-0.25, -0.2) is 13.1 Å². The maximum absolute atomic E-state index is 12.8. The lowest BCUT2D eigenvalue weighted by molar-refractivity contribution is 0.409. The predicted molar refractivity (Wildman–Crippen MR) is 97.3 cm³/mol. The molecule has 24 heavy (non-hydrogen) atoms. The highest BCUT2D eigenvalue weighted by atomic mass is 32.2. The molecule has 1 N–H and O–H groups in total. The Balaban J connectivity index is 2.21. The molecule has 0 bridgehead atoms. The summed E-state index contributed by atoms with van der Waals surface area (Å²) in [6, 6.07) is 9.67. The standard InChI is InChI=1S/C19H25NO3S/c1-13-12-14(2)16(4)19(15(13)3)24(21,22)20-11-10-17-8-6-7-9-18(17)23-5/h6-9,12,20H,10-11H2,1-5H3. The molecule has 0 saturated heterocycles. The third-order valence-electron chi connectivity index (χ3n) is 4.44. The third-order valence-corrected chi connectivity index (χ3v) is 6.18. The zero-order chi connectivity index (χ0) is 17.9. The van der Waals surface area contributed by atoms with E-state index >= 15 is 0 Å². The van der Waals surface area contributed by atoms with E-state index in [0.29, 0.717) is 17.9 Å². The average molecular weight is 347 g/mol. The van der Waals surface area contributed by atoms with Gasteiger partial charge in [-0.05, 0) is 68.0 Å². The van der Waals surface area contributed by atoms with Crippen LogP contribution in [0.1, 0.15) is 27.8 Å². The van der Waals surface area contributed by atoms with Gasteiger partial charge in [0.25, 0.3) is 0 Å². The van der Waals surface area contributed by atoms with Crippen molar-refractivity contribution in [3.63, 3.8) is 0 Å². The van der Waals surface area contributed by atoms with Crippen LogP contribution < -0.4 is 9.46 Å². The van der Waals surface area contributed by atoms with E-state index < -0.39 is 10.0 Å². The van der Waals surface area contributed by atoms with E-state index in [2.05, 4.69) is 4.72 Å². The number of hydrogen-bond acceptors (Lipinski definition) is 3. The van der Waals surface area contributed by atoms with E-state index in [-0.39, 0.29) is 0 Å². The van der Waals surface area contributed by atoms with Crippen molar-refractivity contribution < 1.29 is 13.2 Å². The Morgan fingerprint density at radius 3 is 2.17 bits per heavy atom. The SMILES string of the molecule is COc1ccccc1CCNS(=O)(=O)c1c(C)c(C)cc(C)c1C. The minimum Gasteiger partial charge on any atom is -0.496 e. The van der Waals surface area contributed by atoms with Crippen molar-refractivity contribution in [3.8, 4) is 5.75 Å².